The highest BCUT2D eigenvalue weighted by Gasteiger charge is 2.40. The topological polar surface area (TPSA) is 59.0 Å². The van der Waals surface area contributed by atoms with Crippen molar-refractivity contribution in [2.45, 2.75) is 32.6 Å². The first-order valence-corrected chi connectivity index (χ1v) is 6.70. The third kappa shape index (κ3) is 2.42. The van der Waals surface area contributed by atoms with Gasteiger partial charge in [0.2, 0.25) is 0 Å². The predicted molar refractivity (Wildman–Crippen MR) is 80.5 cm³/mol. The van der Waals surface area contributed by atoms with Gasteiger partial charge in [-0.15, -0.1) is 5.26 Å². The van der Waals surface area contributed by atoms with Crippen molar-refractivity contribution in [3.63, 3.8) is 0 Å². The zero-order chi connectivity index (χ0) is 14.8. The lowest BCUT2D eigenvalue weighted by atomic mass is 9.60. The van der Waals surface area contributed by atoms with Gasteiger partial charge in [0.05, 0.1) is 0 Å². The Kier molecular flexibility index (Phi) is 3.59. The van der Waals surface area contributed by atoms with E-state index in [1.807, 2.05) is 24.3 Å². The Labute approximate surface area is 120 Å². The standard InChI is InChI=1S/C17H20N2O/c1-16(2,13-4-6-14(19)7-5-13)17(3)10-8-15(9-11-17)20-12-18/h4-10H,11,19H2,1-3H3. The number of hydrogen-bond donors (Lipinski definition) is 1. The van der Waals surface area contributed by atoms with Crippen LogP contribution in [0, 0.1) is 16.9 Å². The number of nitrogens with zero attached hydrogens (tertiary/aromatic N) is 1. The molecule has 3 nitrogen and oxygen atoms in total. The van der Waals surface area contributed by atoms with Crippen LogP contribution < -0.4 is 5.73 Å². The molecule has 1 aliphatic rings. The lowest BCUT2D eigenvalue weighted by Gasteiger charge is -2.43. The van der Waals surface area contributed by atoms with Crippen LogP contribution in [0.5, 0.6) is 0 Å². The number of anilines is 1. The molecule has 0 saturated carbocycles. The van der Waals surface area contributed by atoms with E-state index in [1.165, 1.54) is 5.56 Å². The summed E-state index contributed by atoms with van der Waals surface area (Å²) in [6.07, 6.45) is 8.53. The van der Waals surface area contributed by atoms with E-state index >= 15 is 0 Å². The Morgan fingerprint density at radius 1 is 1.30 bits per heavy atom. The summed E-state index contributed by atoms with van der Waals surface area (Å²) in [5.41, 5.74) is 7.70. The van der Waals surface area contributed by atoms with Gasteiger partial charge < -0.3 is 10.5 Å². The summed E-state index contributed by atoms with van der Waals surface area (Å²) >= 11 is 0. The molecular formula is C17H20N2O. The van der Waals surface area contributed by atoms with E-state index in [4.69, 9.17) is 15.7 Å². The molecule has 1 aromatic rings. The number of nitriles is 1. The first-order valence-electron chi connectivity index (χ1n) is 6.70. The van der Waals surface area contributed by atoms with E-state index < -0.39 is 0 Å². The predicted octanol–water partition coefficient (Wildman–Crippen LogP) is 3.89. The maximum absolute atomic E-state index is 8.55. The lowest BCUT2D eigenvalue weighted by Crippen LogP contribution is -2.38. The number of nitrogen functional groups attached to an aromatic ring is 1. The average Bonchev–Trinajstić information content (AvgIpc) is 2.42. The third-order valence-electron chi connectivity index (χ3n) is 4.57. The van der Waals surface area contributed by atoms with E-state index in [0.29, 0.717) is 5.76 Å². The largest absolute Gasteiger partial charge is 0.399 e. The van der Waals surface area contributed by atoms with Crippen LogP contribution in [0.1, 0.15) is 32.8 Å². The number of allylic oxidation sites excluding steroid dienone is 3. The Bertz CT molecular complexity index is 590. The molecule has 3 heteroatoms. The van der Waals surface area contributed by atoms with Crippen LogP contribution in [-0.4, -0.2) is 0 Å². The minimum Gasteiger partial charge on any atom is -0.399 e. The third-order valence-corrected chi connectivity index (χ3v) is 4.57. The molecule has 0 heterocycles. The van der Waals surface area contributed by atoms with Gasteiger partial charge in [-0.2, -0.15) is 0 Å². The molecule has 1 atom stereocenters. The van der Waals surface area contributed by atoms with Gasteiger partial charge in [-0.25, -0.2) is 0 Å². The van der Waals surface area contributed by atoms with Gasteiger partial charge in [-0.1, -0.05) is 39.0 Å². The fourth-order valence-electron chi connectivity index (χ4n) is 2.54. The van der Waals surface area contributed by atoms with Crippen molar-refractivity contribution in [3.8, 4) is 6.26 Å². The Morgan fingerprint density at radius 2 is 1.95 bits per heavy atom. The fraction of sp³-hybridized carbons (Fsp3) is 0.353. The number of hydrogen-bond acceptors (Lipinski definition) is 3. The molecule has 0 fully saturated rings. The SMILES string of the molecule is CC1(C(C)(C)c2ccc(N)cc2)C=CC(OC#N)=CC1. The molecule has 0 aliphatic heterocycles. The van der Waals surface area contributed by atoms with E-state index in [2.05, 4.69) is 39.0 Å². The van der Waals surface area contributed by atoms with Crippen LogP contribution in [-0.2, 0) is 10.2 Å². The van der Waals surface area contributed by atoms with Crippen LogP contribution in [0.15, 0.2) is 48.3 Å². The average molecular weight is 268 g/mol. The van der Waals surface area contributed by atoms with Crippen molar-refractivity contribution >= 4 is 5.69 Å². The quantitative estimate of drug-likeness (QED) is 0.668. The van der Waals surface area contributed by atoms with Crippen molar-refractivity contribution < 1.29 is 4.74 Å². The maximum atomic E-state index is 8.55. The minimum atomic E-state index is -0.0497. The second-order valence-electron chi connectivity index (χ2n) is 6.00. The van der Waals surface area contributed by atoms with Crippen molar-refractivity contribution in [2.75, 3.05) is 5.73 Å². The zero-order valence-corrected chi connectivity index (χ0v) is 12.2. The van der Waals surface area contributed by atoms with Gasteiger partial charge in [0.15, 0.2) is 0 Å². The van der Waals surface area contributed by atoms with Gasteiger partial charge in [-0.3, -0.25) is 0 Å². The first kappa shape index (κ1) is 14.2. The van der Waals surface area contributed by atoms with Crippen molar-refractivity contribution in [1.29, 1.82) is 5.26 Å². The van der Waals surface area contributed by atoms with E-state index in [0.717, 1.165) is 12.1 Å². The highest BCUT2D eigenvalue weighted by Crippen LogP contribution is 2.47. The molecular weight excluding hydrogens is 248 g/mol. The monoisotopic (exact) mass is 268 g/mol. The summed E-state index contributed by atoms with van der Waals surface area (Å²) in [4.78, 5) is 0. The molecule has 0 amide bonds. The molecule has 0 radical (unpaired) electrons. The van der Waals surface area contributed by atoms with Crippen molar-refractivity contribution in [3.05, 3.63) is 53.8 Å². The second-order valence-corrected chi connectivity index (χ2v) is 6.00. The minimum absolute atomic E-state index is 0.0363. The van der Waals surface area contributed by atoms with Gasteiger partial charge in [0.1, 0.15) is 5.76 Å². The van der Waals surface area contributed by atoms with Gasteiger partial charge >= 0.3 is 0 Å². The summed E-state index contributed by atoms with van der Waals surface area (Å²) in [5.74, 6) is 0.623. The smallest absolute Gasteiger partial charge is 0.292 e. The zero-order valence-electron chi connectivity index (χ0n) is 12.2. The molecule has 1 aliphatic carbocycles. The van der Waals surface area contributed by atoms with E-state index in [1.54, 1.807) is 6.26 Å². The summed E-state index contributed by atoms with van der Waals surface area (Å²) in [6.45, 7) is 6.68. The molecule has 0 saturated heterocycles. The number of ether oxygens (including phenoxy) is 1. The molecule has 0 bridgehead atoms. The summed E-state index contributed by atoms with van der Waals surface area (Å²) in [5, 5.41) is 8.55. The van der Waals surface area contributed by atoms with Gasteiger partial charge in [0.25, 0.3) is 6.26 Å². The summed E-state index contributed by atoms with van der Waals surface area (Å²) in [7, 11) is 0. The number of nitrogens with two attached hydrogens (primary N) is 1. The molecule has 0 aromatic heterocycles. The van der Waals surface area contributed by atoms with Crippen LogP contribution in [0.25, 0.3) is 0 Å². The summed E-state index contributed by atoms with van der Waals surface area (Å²) in [6, 6.07) is 8.04. The highest BCUT2D eigenvalue weighted by molar-refractivity contribution is 5.43. The van der Waals surface area contributed by atoms with E-state index in [-0.39, 0.29) is 10.8 Å². The number of rotatable bonds is 3. The molecule has 1 unspecified atom stereocenters. The molecule has 2 rings (SSSR count). The lowest BCUT2D eigenvalue weighted by molar-refractivity contribution is 0.233. The molecule has 104 valence electrons. The van der Waals surface area contributed by atoms with Crippen LogP contribution in [0.2, 0.25) is 0 Å². The molecule has 0 spiro atoms. The Morgan fingerprint density at radius 3 is 2.45 bits per heavy atom. The first-order chi connectivity index (χ1) is 9.39. The van der Waals surface area contributed by atoms with Crippen LogP contribution in [0.3, 0.4) is 0 Å². The van der Waals surface area contributed by atoms with Crippen LogP contribution in [0.4, 0.5) is 5.69 Å². The van der Waals surface area contributed by atoms with Gasteiger partial charge in [-0.05, 0) is 47.1 Å². The van der Waals surface area contributed by atoms with Crippen LogP contribution >= 0.6 is 0 Å². The second kappa shape index (κ2) is 5.05. The molecule has 20 heavy (non-hydrogen) atoms. The summed E-state index contributed by atoms with van der Waals surface area (Å²) < 4.78 is 4.87. The van der Waals surface area contributed by atoms with Crippen molar-refractivity contribution in [1.82, 2.24) is 0 Å². The van der Waals surface area contributed by atoms with Gasteiger partial charge in [0, 0.05) is 5.69 Å². The van der Waals surface area contributed by atoms with Crippen molar-refractivity contribution in [2.24, 2.45) is 5.41 Å². The Hall–Kier alpha value is -2.21. The Balaban J connectivity index is 2.29. The number of benzene rings is 1. The highest BCUT2D eigenvalue weighted by atomic mass is 16.5. The fourth-order valence-corrected chi connectivity index (χ4v) is 2.54. The maximum Gasteiger partial charge on any atom is 0.292 e. The van der Waals surface area contributed by atoms with E-state index in [9.17, 15) is 0 Å². The molecule has 1 aromatic carbocycles. The molecule has 2 N–H and O–H groups in total. The normalized spacial score (nSPS) is 22.0.